The Balaban J connectivity index is 1.73. The molecule has 2 heterocycles. The maximum Gasteiger partial charge on any atom is 0.410 e. The topological polar surface area (TPSA) is 54.5 Å². The maximum atomic E-state index is 12.7. The van der Waals surface area contributed by atoms with Crippen LogP contribution in [0, 0.1) is 6.92 Å². The molecule has 0 radical (unpaired) electrons. The van der Waals surface area contributed by atoms with Gasteiger partial charge >= 0.3 is 6.09 Å². The SMILES string of the molecule is CNc1ccc([C@@H]2CCCCN2C(=O)OCc2ccccc2)c(C)n1. The van der Waals surface area contributed by atoms with Gasteiger partial charge in [-0.25, -0.2) is 9.78 Å². The van der Waals surface area contributed by atoms with Gasteiger partial charge in [-0.05, 0) is 43.4 Å². The molecule has 0 aliphatic carbocycles. The third-order valence-corrected chi connectivity index (χ3v) is 4.68. The summed E-state index contributed by atoms with van der Waals surface area (Å²) in [4.78, 5) is 19.1. The molecule has 1 N–H and O–H groups in total. The van der Waals surface area contributed by atoms with Crippen molar-refractivity contribution in [1.82, 2.24) is 9.88 Å². The number of hydrogen-bond acceptors (Lipinski definition) is 4. The van der Waals surface area contributed by atoms with E-state index in [1.165, 1.54) is 0 Å². The number of nitrogens with zero attached hydrogens (tertiary/aromatic N) is 2. The molecule has 0 saturated carbocycles. The van der Waals surface area contributed by atoms with E-state index in [1.54, 1.807) is 0 Å². The number of carbonyl (C=O) groups is 1. The fourth-order valence-electron chi connectivity index (χ4n) is 3.34. The Labute approximate surface area is 149 Å². The zero-order valence-corrected chi connectivity index (χ0v) is 14.9. The normalized spacial score (nSPS) is 17.2. The summed E-state index contributed by atoms with van der Waals surface area (Å²) in [6, 6.07) is 13.9. The average Bonchev–Trinajstić information content (AvgIpc) is 2.67. The molecule has 1 aromatic carbocycles. The van der Waals surface area contributed by atoms with Gasteiger partial charge < -0.3 is 15.0 Å². The van der Waals surface area contributed by atoms with Crippen LogP contribution in [0.2, 0.25) is 0 Å². The van der Waals surface area contributed by atoms with E-state index in [1.807, 2.05) is 55.3 Å². The minimum absolute atomic E-state index is 0.0374. The summed E-state index contributed by atoms with van der Waals surface area (Å²) < 4.78 is 5.56. The summed E-state index contributed by atoms with van der Waals surface area (Å²) in [6.07, 6.45) is 2.82. The molecule has 25 heavy (non-hydrogen) atoms. The van der Waals surface area contributed by atoms with Gasteiger partial charge in [-0.1, -0.05) is 36.4 Å². The maximum absolute atomic E-state index is 12.7. The van der Waals surface area contributed by atoms with Crippen LogP contribution >= 0.6 is 0 Å². The first-order chi connectivity index (χ1) is 12.2. The monoisotopic (exact) mass is 339 g/mol. The molecular formula is C20H25N3O2. The van der Waals surface area contributed by atoms with E-state index in [0.29, 0.717) is 6.61 Å². The van der Waals surface area contributed by atoms with Crippen LogP contribution in [-0.2, 0) is 11.3 Å². The molecule has 1 fully saturated rings. The minimum atomic E-state index is -0.245. The Kier molecular flexibility index (Phi) is 5.53. The van der Waals surface area contributed by atoms with Crippen molar-refractivity contribution in [2.75, 3.05) is 18.9 Å². The van der Waals surface area contributed by atoms with Gasteiger partial charge in [0.05, 0.1) is 6.04 Å². The number of aryl methyl sites for hydroxylation is 1. The van der Waals surface area contributed by atoms with Crippen molar-refractivity contribution in [1.29, 1.82) is 0 Å². The van der Waals surface area contributed by atoms with E-state index >= 15 is 0 Å². The van der Waals surface area contributed by atoms with E-state index in [2.05, 4.69) is 16.4 Å². The fourth-order valence-corrected chi connectivity index (χ4v) is 3.34. The molecule has 1 amide bonds. The Morgan fingerprint density at radius 1 is 1.24 bits per heavy atom. The Morgan fingerprint density at radius 2 is 2.04 bits per heavy atom. The molecule has 2 aromatic rings. The van der Waals surface area contributed by atoms with Crippen molar-refractivity contribution in [2.45, 2.75) is 38.8 Å². The summed E-state index contributed by atoms with van der Waals surface area (Å²) >= 11 is 0. The van der Waals surface area contributed by atoms with Crippen LogP contribution in [0.5, 0.6) is 0 Å². The largest absolute Gasteiger partial charge is 0.445 e. The van der Waals surface area contributed by atoms with E-state index in [0.717, 1.165) is 48.4 Å². The summed E-state index contributed by atoms with van der Waals surface area (Å²) in [5.41, 5.74) is 3.07. The number of likely N-dealkylation sites (tertiary alicyclic amines) is 1. The van der Waals surface area contributed by atoms with Gasteiger partial charge in [-0.2, -0.15) is 0 Å². The molecule has 1 atom stereocenters. The van der Waals surface area contributed by atoms with Crippen LogP contribution in [0.1, 0.15) is 42.1 Å². The molecule has 1 aliphatic heterocycles. The number of anilines is 1. The number of piperidine rings is 1. The first-order valence-electron chi connectivity index (χ1n) is 8.81. The highest BCUT2D eigenvalue weighted by Gasteiger charge is 2.30. The lowest BCUT2D eigenvalue weighted by molar-refractivity contribution is 0.0677. The lowest BCUT2D eigenvalue weighted by Crippen LogP contribution is -2.39. The molecule has 0 unspecified atom stereocenters. The van der Waals surface area contributed by atoms with Crippen molar-refractivity contribution >= 4 is 11.9 Å². The van der Waals surface area contributed by atoms with Gasteiger partial charge in [0.25, 0.3) is 0 Å². The van der Waals surface area contributed by atoms with E-state index < -0.39 is 0 Å². The molecule has 0 bridgehead atoms. The summed E-state index contributed by atoms with van der Waals surface area (Å²) in [7, 11) is 1.86. The second-order valence-corrected chi connectivity index (χ2v) is 6.37. The molecule has 5 nitrogen and oxygen atoms in total. The Hall–Kier alpha value is -2.56. The predicted molar refractivity (Wildman–Crippen MR) is 98.4 cm³/mol. The van der Waals surface area contributed by atoms with Gasteiger partial charge in [0.15, 0.2) is 0 Å². The Morgan fingerprint density at radius 3 is 2.76 bits per heavy atom. The quantitative estimate of drug-likeness (QED) is 0.902. The lowest BCUT2D eigenvalue weighted by atomic mass is 9.94. The first kappa shape index (κ1) is 17.3. The molecule has 3 rings (SSSR count). The molecule has 0 spiro atoms. The summed E-state index contributed by atoms with van der Waals surface area (Å²) in [6.45, 7) is 3.03. The number of carbonyl (C=O) groups excluding carboxylic acids is 1. The smallest absolute Gasteiger partial charge is 0.410 e. The van der Waals surface area contributed by atoms with Crippen LogP contribution in [-0.4, -0.2) is 29.6 Å². The minimum Gasteiger partial charge on any atom is -0.445 e. The van der Waals surface area contributed by atoms with E-state index in [9.17, 15) is 4.79 Å². The fraction of sp³-hybridized carbons (Fsp3) is 0.400. The number of amides is 1. The van der Waals surface area contributed by atoms with Crippen molar-refractivity contribution in [2.24, 2.45) is 0 Å². The van der Waals surface area contributed by atoms with Crippen LogP contribution in [0.3, 0.4) is 0 Å². The number of nitrogens with one attached hydrogen (secondary N) is 1. The standard InChI is InChI=1S/C20H25N3O2/c1-15-17(11-12-19(21-2)22-15)18-10-6-7-13-23(18)20(24)25-14-16-8-4-3-5-9-16/h3-5,8-9,11-12,18H,6-7,10,13-14H2,1-2H3,(H,21,22)/t18-/m0/s1. The number of pyridine rings is 1. The van der Waals surface area contributed by atoms with Gasteiger partial charge in [0.2, 0.25) is 0 Å². The van der Waals surface area contributed by atoms with E-state index in [-0.39, 0.29) is 12.1 Å². The molecular weight excluding hydrogens is 314 g/mol. The summed E-state index contributed by atoms with van der Waals surface area (Å²) in [5.74, 6) is 0.843. The highest BCUT2D eigenvalue weighted by atomic mass is 16.6. The lowest BCUT2D eigenvalue weighted by Gasteiger charge is -2.35. The Bertz CT molecular complexity index is 718. The predicted octanol–water partition coefficient (Wildman–Crippen LogP) is 4.30. The number of benzene rings is 1. The molecule has 1 saturated heterocycles. The van der Waals surface area contributed by atoms with Crippen molar-refractivity contribution in [3.63, 3.8) is 0 Å². The van der Waals surface area contributed by atoms with Crippen LogP contribution in [0.25, 0.3) is 0 Å². The zero-order chi connectivity index (χ0) is 17.6. The highest BCUT2D eigenvalue weighted by Crippen LogP contribution is 2.33. The zero-order valence-electron chi connectivity index (χ0n) is 14.9. The number of ether oxygens (including phenoxy) is 1. The van der Waals surface area contributed by atoms with Gasteiger partial charge in [0, 0.05) is 19.3 Å². The number of hydrogen-bond donors (Lipinski definition) is 1. The average molecular weight is 339 g/mol. The third kappa shape index (κ3) is 4.10. The third-order valence-electron chi connectivity index (χ3n) is 4.68. The van der Waals surface area contributed by atoms with E-state index in [4.69, 9.17) is 4.74 Å². The summed E-state index contributed by atoms with van der Waals surface area (Å²) in [5, 5.41) is 3.05. The van der Waals surface area contributed by atoms with Gasteiger partial charge in [0.1, 0.15) is 12.4 Å². The first-order valence-corrected chi connectivity index (χ1v) is 8.81. The molecule has 5 heteroatoms. The van der Waals surface area contributed by atoms with Gasteiger partial charge in [-0.3, -0.25) is 0 Å². The van der Waals surface area contributed by atoms with Gasteiger partial charge in [-0.15, -0.1) is 0 Å². The second kappa shape index (κ2) is 8.01. The molecule has 1 aliphatic rings. The van der Waals surface area contributed by atoms with Crippen LogP contribution < -0.4 is 5.32 Å². The van der Waals surface area contributed by atoms with Crippen LogP contribution in [0.15, 0.2) is 42.5 Å². The second-order valence-electron chi connectivity index (χ2n) is 6.37. The molecule has 132 valence electrons. The van der Waals surface area contributed by atoms with Crippen LogP contribution in [0.4, 0.5) is 10.6 Å². The highest BCUT2D eigenvalue weighted by molar-refractivity contribution is 5.68. The number of aromatic nitrogens is 1. The van der Waals surface area contributed by atoms with Crippen molar-refractivity contribution < 1.29 is 9.53 Å². The number of rotatable bonds is 4. The van der Waals surface area contributed by atoms with Crippen molar-refractivity contribution in [3.8, 4) is 0 Å². The molecule has 1 aromatic heterocycles. The van der Waals surface area contributed by atoms with Crippen molar-refractivity contribution in [3.05, 3.63) is 59.3 Å².